The van der Waals surface area contributed by atoms with Gasteiger partial charge in [-0.2, -0.15) is 0 Å². The second-order valence-electron chi connectivity index (χ2n) is 5.72. The average Bonchev–Trinajstić information content (AvgIpc) is 2.80. The summed E-state index contributed by atoms with van der Waals surface area (Å²) in [5.74, 6) is 0.462. The fourth-order valence-corrected chi connectivity index (χ4v) is 2.88. The van der Waals surface area contributed by atoms with Crippen molar-refractivity contribution in [3.8, 4) is 17.2 Å². The standard InChI is InChI=1S/C18H24N2O5/c1-23-14-9-7-11(16(24-2)17(14)25-3)6-8-13(21)12-5-4-10-20-18(22)15(12)19/h6-9,12,15H,4-5,10,19H2,1-3H3,(H,20,22). The summed E-state index contributed by atoms with van der Waals surface area (Å²) in [7, 11) is 4.57. The average molecular weight is 348 g/mol. The van der Waals surface area contributed by atoms with Crippen LogP contribution in [0.15, 0.2) is 18.2 Å². The van der Waals surface area contributed by atoms with Gasteiger partial charge in [0.15, 0.2) is 17.3 Å². The molecule has 2 rings (SSSR count). The molecule has 0 aliphatic carbocycles. The predicted octanol–water partition coefficient (Wildman–Crippen LogP) is 1.15. The summed E-state index contributed by atoms with van der Waals surface area (Å²) in [6.07, 6.45) is 4.38. The summed E-state index contributed by atoms with van der Waals surface area (Å²) in [6.45, 7) is 0.545. The van der Waals surface area contributed by atoms with E-state index in [1.807, 2.05) is 0 Å². The van der Waals surface area contributed by atoms with E-state index in [2.05, 4.69) is 5.32 Å². The minimum atomic E-state index is -0.827. The molecule has 0 radical (unpaired) electrons. The van der Waals surface area contributed by atoms with E-state index in [9.17, 15) is 9.59 Å². The van der Waals surface area contributed by atoms with Crippen molar-refractivity contribution in [2.45, 2.75) is 18.9 Å². The first-order valence-electron chi connectivity index (χ1n) is 8.07. The summed E-state index contributed by atoms with van der Waals surface area (Å²) in [5, 5.41) is 2.71. The Bertz CT molecular complexity index is 672. The van der Waals surface area contributed by atoms with Crippen molar-refractivity contribution >= 4 is 17.8 Å². The van der Waals surface area contributed by atoms with Gasteiger partial charge in [-0.15, -0.1) is 0 Å². The summed E-state index contributed by atoms with van der Waals surface area (Å²) in [6, 6.07) is 2.67. The van der Waals surface area contributed by atoms with Crippen LogP contribution >= 0.6 is 0 Å². The van der Waals surface area contributed by atoms with Gasteiger partial charge in [0, 0.05) is 18.0 Å². The van der Waals surface area contributed by atoms with Crippen molar-refractivity contribution in [2.24, 2.45) is 11.7 Å². The number of ketones is 1. The fraction of sp³-hybridized carbons (Fsp3) is 0.444. The molecule has 1 saturated heterocycles. The predicted molar refractivity (Wildman–Crippen MR) is 93.8 cm³/mol. The second kappa shape index (κ2) is 8.53. The number of benzene rings is 1. The third kappa shape index (κ3) is 4.11. The van der Waals surface area contributed by atoms with Gasteiger partial charge in [-0.25, -0.2) is 0 Å². The van der Waals surface area contributed by atoms with Crippen molar-refractivity contribution < 1.29 is 23.8 Å². The molecule has 2 atom stereocenters. The Morgan fingerprint density at radius 1 is 1.20 bits per heavy atom. The number of nitrogens with two attached hydrogens (primary N) is 1. The van der Waals surface area contributed by atoms with Crippen molar-refractivity contribution in [1.29, 1.82) is 0 Å². The van der Waals surface area contributed by atoms with Gasteiger partial charge < -0.3 is 25.3 Å². The lowest BCUT2D eigenvalue weighted by atomic mass is 9.91. The van der Waals surface area contributed by atoms with E-state index in [0.29, 0.717) is 35.8 Å². The summed E-state index contributed by atoms with van der Waals surface area (Å²) in [5.41, 5.74) is 6.57. The molecule has 1 heterocycles. The minimum Gasteiger partial charge on any atom is -0.493 e. The number of hydrogen-bond acceptors (Lipinski definition) is 6. The van der Waals surface area contributed by atoms with Gasteiger partial charge >= 0.3 is 0 Å². The fourth-order valence-electron chi connectivity index (χ4n) is 2.88. The molecular formula is C18H24N2O5. The number of hydrogen-bond donors (Lipinski definition) is 2. The van der Waals surface area contributed by atoms with Crippen LogP contribution in [0.3, 0.4) is 0 Å². The van der Waals surface area contributed by atoms with Gasteiger partial charge in [0.1, 0.15) is 0 Å². The van der Waals surface area contributed by atoms with E-state index in [-0.39, 0.29) is 11.7 Å². The molecule has 7 nitrogen and oxygen atoms in total. The van der Waals surface area contributed by atoms with Gasteiger partial charge in [-0.1, -0.05) is 0 Å². The molecule has 25 heavy (non-hydrogen) atoms. The molecule has 1 fully saturated rings. The lowest BCUT2D eigenvalue weighted by molar-refractivity contribution is -0.127. The summed E-state index contributed by atoms with van der Waals surface area (Å²) < 4.78 is 16.0. The number of carbonyl (C=O) groups excluding carboxylic acids is 2. The lowest BCUT2D eigenvalue weighted by Crippen LogP contribution is -2.45. The number of amides is 1. The van der Waals surface area contributed by atoms with Crippen molar-refractivity contribution in [1.82, 2.24) is 5.32 Å². The highest BCUT2D eigenvalue weighted by molar-refractivity contribution is 6.00. The van der Waals surface area contributed by atoms with Gasteiger partial charge in [0.2, 0.25) is 11.7 Å². The zero-order valence-electron chi connectivity index (χ0n) is 14.7. The van der Waals surface area contributed by atoms with E-state index >= 15 is 0 Å². The quantitative estimate of drug-likeness (QED) is 0.748. The lowest BCUT2D eigenvalue weighted by Gasteiger charge is -2.17. The Kier molecular flexibility index (Phi) is 6.41. The van der Waals surface area contributed by atoms with Crippen LogP contribution < -0.4 is 25.3 Å². The molecule has 7 heteroatoms. The molecule has 1 aliphatic heterocycles. The van der Waals surface area contributed by atoms with Crippen LogP contribution in [0.25, 0.3) is 6.08 Å². The first-order chi connectivity index (χ1) is 12.0. The summed E-state index contributed by atoms with van der Waals surface area (Å²) >= 11 is 0. The molecule has 0 spiro atoms. The molecule has 136 valence electrons. The maximum absolute atomic E-state index is 12.5. The van der Waals surface area contributed by atoms with Gasteiger partial charge in [0.05, 0.1) is 27.4 Å². The van der Waals surface area contributed by atoms with Crippen molar-refractivity contribution in [3.05, 3.63) is 23.8 Å². The third-order valence-electron chi connectivity index (χ3n) is 4.25. The summed E-state index contributed by atoms with van der Waals surface area (Å²) in [4.78, 5) is 24.3. The monoisotopic (exact) mass is 348 g/mol. The van der Waals surface area contributed by atoms with E-state index < -0.39 is 12.0 Å². The van der Waals surface area contributed by atoms with E-state index in [1.165, 1.54) is 27.4 Å². The van der Waals surface area contributed by atoms with Crippen molar-refractivity contribution in [3.63, 3.8) is 0 Å². The third-order valence-corrected chi connectivity index (χ3v) is 4.25. The van der Waals surface area contributed by atoms with E-state index in [0.717, 1.165) is 6.42 Å². The van der Waals surface area contributed by atoms with Crippen LogP contribution in [0, 0.1) is 5.92 Å². The Morgan fingerprint density at radius 3 is 2.56 bits per heavy atom. The van der Waals surface area contributed by atoms with Crippen LogP contribution in [-0.4, -0.2) is 45.6 Å². The molecule has 0 bridgehead atoms. The Morgan fingerprint density at radius 2 is 1.92 bits per heavy atom. The smallest absolute Gasteiger partial charge is 0.237 e. The maximum atomic E-state index is 12.5. The molecule has 1 aromatic carbocycles. The number of allylic oxidation sites excluding steroid dienone is 1. The maximum Gasteiger partial charge on any atom is 0.237 e. The van der Waals surface area contributed by atoms with Crippen LogP contribution in [0.1, 0.15) is 18.4 Å². The zero-order valence-corrected chi connectivity index (χ0v) is 14.7. The highest BCUT2D eigenvalue weighted by Crippen LogP contribution is 2.40. The van der Waals surface area contributed by atoms with E-state index in [1.54, 1.807) is 18.2 Å². The number of methoxy groups -OCH3 is 3. The van der Waals surface area contributed by atoms with Crippen LogP contribution in [0.2, 0.25) is 0 Å². The number of carbonyl (C=O) groups is 2. The van der Waals surface area contributed by atoms with Gasteiger partial charge in [-0.05, 0) is 37.1 Å². The first kappa shape index (κ1) is 18.8. The van der Waals surface area contributed by atoms with Crippen LogP contribution in [-0.2, 0) is 9.59 Å². The van der Waals surface area contributed by atoms with Gasteiger partial charge in [-0.3, -0.25) is 9.59 Å². The minimum absolute atomic E-state index is 0.179. The van der Waals surface area contributed by atoms with Crippen LogP contribution in [0.4, 0.5) is 0 Å². The molecule has 1 amide bonds. The number of ether oxygens (including phenoxy) is 3. The molecular weight excluding hydrogens is 324 g/mol. The highest BCUT2D eigenvalue weighted by atomic mass is 16.5. The molecule has 1 aromatic rings. The molecule has 0 aromatic heterocycles. The number of nitrogens with one attached hydrogen (secondary N) is 1. The van der Waals surface area contributed by atoms with Crippen LogP contribution in [0.5, 0.6) is 17.2 Å². The SMILES string of the molecule is COc1ccc(C=CC(=O)C2CCCNC(=O)C2N)c(OC)c1OC. The number of rotatable bonds is 6. The Balaban J connectivity index is 2.26. The topological polar surface area (TPSA) is 99.9 Å². The Hall–Kier alpha value is -2.54. The zero-order chi connectivity index (χ0) is 18.4. The van der Waals surface area contributed by atoms with Crippen molar-refractivity contribution in [2.75, 3.05) is 27.9 Å². The highest BCUT2D eigenvalue weighted by Gasteiger charge is 2.31. The molecule has 0 saturated carbocycles. The van der Waals surface area contributed by atoms with Gasteiger partial charge in [0.25, 0.3) is 0 Å². The normalized spacial score (nSPS) is 20.7. The second-order valence-corrected chi connectivity index (χ2v) is 5.72. The Labute approximate surface area is 147 Å². The molecule has 1 aliphatic rings. The molecule has 3 N–H and O–H groups in total. The largest absolute Gasteiger partial charge is 0.493 e. The molecule has 2 unspecified atom stereocenters. The first-order valence-corrected chi connectivity index (χ1v) is 8.07. The van der Waals surface area contributed by atoms with E-state index in [4.69, 9.17) is 19.9 Å².